The zero-order valence-corrected chi connectivity index (χ0v) is 10.7. The molecule has 0 fully saturated rings. The smallest absolute Gasteiger partial charge is 0.0705 e. The Balaban J connectivity index is 1.89. The van der Waals surface area contributed by atoms with Gasteiger partial charge in [0.1, 0.15) is 0 Å². The zero-order chi connectivity index (χ0) is 12.4. The first-order valence-electron chi connectivity index (χ1n) is 5.95. The van der Waals surface area contributed by atoms with Crippen LogP contribution in [0.5, 0.6) is 0 Å². The molecule has 3 aromatic rings. The molecule has 18 heavy (non-hydrogen) atoms. The second-order valence-corrected chi connectivity index (χ2v) is 5.38. The maximum absolute atomic E-state index is 6.26. The molecule has 0 spiro atoms. The van der Waals surface area contributed by atoms with Gasteiger partial charge in [-0.15, -0.1) is 11.3 Å². The summed E-state index contributed by atoms with van der Waals surface area (Å²) in [4.78, 5) is 5.69. The van der Waals surface area contributed by atoms with E-state index in [1.807, 2.05) is 12.3 Å². The summed E-state index contributed by atoms with van der Waals surface area (Å²) in [5.41, 5.74) is 8.41. The molecular formula is C15H14N2S. The highest BCUT2D eigenvalue weighted by Gasteiger charge is 2.08. The lowest BCUT2D eigenvalue weighted by Crippen LogP contribution is -2.12. The van der Waals surface area contributed by atoms with E-state index in [0.717, 1.165) is 22.9 Å². The van der Waals surface area contributed by atoms with Gasteiger partial charge in [0.2, 0.25) is 0 Å². The molecule has 0 radical (unpaired) electrons. The summed E-state index contributed by atoms with van der Waals surface area (Å²) in [5, 5.41) is 3.24. The molecule has 0 aliphatic heterocycles. The molecule has 3 rings (SSSR count). The predicted octanol–water partition coefficient (Wildman–Crippen LogP) is 3.54. The Morgan fingerprint density at radius 2 is 2.11 bits per heavy atom. The normalized spacial score (nSPS) is 12.7. The Labute approximate surface area is 110 Å². The standard InChI is InChI=1S/C15H14N2S/c16-14(10-13-4-2-8-18-13)12-6-5-11-3-1-7-17-15(11)9-12/h1-9,14H,10,16H2. The fourth-order valence-electron chi connectivity index (χ4n) is 2.08. The summed E-state index contributed by atoms with van der Waals surface area (Å²) in [6.45, 7) is 0. The van der Waals surface area contributed by atoms with Gasteiger partial charge in [-0.1, -0.05) is 24.3 Å². The second-order valence-electron chi connectivity index (χ2n) is 4.35. The van der Waals surface area contributed by atoms with Crippen molar-refractivity contribution in [1.82, 2.24) is 4.98 Å². The Kier molecular flexibility index (Phi) is 3.09. The third-order valence-corrected chi connectivity index (χ3v) is 3.96. The third kappa shape index (κ3) is 2.28. The average Bonchev–Trinajstić information content (AvgIpc) is 2.91. The molecule has 2 aromatic heterocycles. The topological polar surface area (TPSA) is 38.9 Å². The highest BCUT2D eigenvalue weighted by atomic mass is 32.1. The van der Waals surface area contributed by atoms with Crippen molar-refractivity contribution < 1.29 is 0 Å². The molecule has 0 bridgehead atoms. The molecule has 2 heterocycles. The summed E-state index contributed by atoms with van der Waals surface area (Å²) in [6.07, 6.45) is 2.70. The van der Waals surface area contributed by atoms with E-state index >= 15 is 0 Å². The fraction of sp³-hybridized carbons (Fsp3) is 0.133. The molecule has 0 aliphatic carbocycles. The zero-order valence-electron chi connectivity index (χ0n) is 9.91. The molecule has 1 atom stereocenters. The first kappa shape index (κ1) is 11.4. The summed E-state index contributed by atoms with van der Waals surface area (Å²) < 4.78 is 0. The minimum absolute atomic E-state index is 0.0371. The number of aromatic nitrogens is 1. The van der Waals surface area contributed by atoms with E-state index in [0.29, 0.717) is 0 Å². The van der Waals surface area contributed by atoms with Crippen molar-refractivity contribution >= 4 is 22.2 Å². The lowest BCUT2D eigenvalue weighted by atomic mass is 10.0. The van der Waals surface area contributed by atoms with Crippen molar-refractivity contribution in [3.05, 3.63) is 64.5 Å². The fourth-order valence-corrected chi connectivity index (χ4v) is 2.84. The van der Waals surface area contributed by atoms with Gasteiger partial charge in [0.15, 0.2) is 0 Å². The summed E-state index contributed by atoms with van der Waals surface area (Å²) in [5.74, 6) is 0. The minimum atomic E-state index is 0.0371. The Morgan fingerprint density at radius 1 is 1.17 bits per heavy atom. The van der Waals surface area contributed by atoms with Gasteiger partial charge in [-0.3, -0.25) is 4.98 Å². The highest BCUT2D eigenvalue weighted by molar-refractivity contribution is 7.09. The van der Waals surface area contributed by atoms with E-state index in [-0.39, 0.29) is 6.04 Å². The number of benzene rings is 1. The molecule has 2 nitrogen and oxygen atoms in total. The molecule has 0 amide bonds. The van der Waals surface area contributed by atoms with Gasteiger partial charge in [0.05, 0.1) is 5.52 Å². The van der Waals surface area contributed by atoms with Crippen LogP contribution in [0.25, 0.3) is 10.9 Å². The number of thiophene rings is 1. The first-order valence-corrected chi connectivity index (χ1v) is 6.83. The van der Waals surface area contributed by atoms with Gasteiger partial charge in [-0.05, 0) is 29.1 Å². The van der Waals surface area contributed by atoms with Gasteiger partial charge >= 0.3 is 0 Å². The van der Waals surface area contributed by atoms with Gasteiger partial charge < -0.3 is 5.73 Å². The molecule has 0 saturated heterocycles. The third-order valence-electron chi connectivity index (χ3n) is 3.06. The van der Waals surface area contributed by atoms with Crippen molar-refractivity contribution in [2.45, 2.75) is 12.5 Å². The van der Waals surface area contributed by atoms with Crippen LogP contribution in [0, 0.1) is 0 Å². The number of fused-ring (bicyclic) bond motifs is 1. The molecule has 2 N–H and O–H groups in total. The number of rotatable bonds is 3. The van der Waals surface area contributed by atoms with E-state index in [1.54, 1.807) is 11.3 Å². The van der Waals surface area contributed by atoms with Crippen molar-refractivity contribution in [2.24, 2.45) is 5.73 Å². The summed E-state index contributed by atoms with van der Waals surface area (Å²) in [7, 11) is 0. The van der Waals surface area contributed by atoms with Crippen molar-refractivity contribution in [3.63, 3.8) is 0 Å². The summed E-state index contributed by atoms with van der Waals surface area (Å²) in [6, 6.07) is 14.5. The quantitative estimate of drug-likeness (QED) is 0.776. The van der Waals surface area contributed by atoms with Crippen LogP contribution in [-0.2, 0) is 6.42 Å². The van der Waals surface area contributed by atoms with Crippen LogP contribution in [0.3, 0.4) is 0 Å². The predicted molar refractivity (Wildman–Crippen MR) is 76.7 cm³/mol. The van der Waals surface area contributed by atoms with E-state index in [9.17, 15) is 0 Å². The van der Waals surface area contributed by atoms with E-state index in [2.05, 4.69) is 46.8 Å². The molecule has 1 unspecified atom stereocenters. The molecule has 90 valence electrons. The molecular weight excluding hydrogens is 240 g/mol. The summed E-state index contributed by atoms with van der Waals surface area (Å²) >= 11 is 1.75. The Hall–Kier alpha value is -1.71. The number of pyridine rings is 1. The van der Waals surface area contributed by atoms with Crippen LogP contribution in [0.4, 0.5) is 0 Å². The minimum Gasteiger partial charge on any atom is -0.324 e. The van der Waals surface area contributed by atoms with Crippen LogP contribution in [-0.4, -0.2) is 4.98 Å². The van der Waals surface area contributed by atoms with Crippen LogP contribution in [0.2, 0.25) is 0 Å². The van der Waals surface area contributed by atoms with Crippen molar-refractivity contribution in [2.75, 3.05) is 0 Å². The van der Waals surface area contributed by atoms with E-state index in [4.69, 9.17) is 5.73 Å². The molecule has 3 heteroatoms. The molecule has 0 saturated carbocycles. The number of nitrogens with zero attached hydrogens (tertiary/aromatic N) is 1. The average molecular weight is 254 g/mol. The van der Waals surface area contributed by atoms with E-state index < -0.39 is 0 Å². The maximum atomic E-state index is 6.26. The number of hydrogen-bond acceptors (Lipinski definition) is 3. The monoisotopic (exact) mass is 254 g/mol. The molecule has 0 aliphatic rings. The SMILES string of the molecule is NC(Cc1cccs1)c1ccc2cccnc2c1. The Morgan fingerprint density at radius 3 is 2.94 bits per heavy atom. The number of nitrogens with two attached hydrogens (primary N) is 1. The van der Waals surface area contributed by atoms with Gasteiger partial charge in [0, 0.05) is 28.9 Å². The highest BCUT2D eigenvalue weighted by Crippen LogP contribution is 2.22. The van der Waals surface area contributed by atoms with Crippen LogP contribution in [0.1, 0.15) is 16.5 Å². The molecule has 1 aromatic carbocycles. The van der Waals surface area contributed by atoms with Gasteiger partial charge in [-0.25, -0.2) is 0 Å². The van der Waals surface area contributed by atoms with Gasteiger partial charge in [-0.2, -0.15) is 0 Å². The van der Waals surface area contributed by atoms with Crippen LogP contribution in [0.15, 0.2) is 54.0 Å². The van der Waals surface area contributed by atoms with Crippen molar-refractivity contribution in [1.29, 1.82) is 0 Å². The first-order chi connectivity index (χ1) is 8.83. The lowest BCUT2D eigenvalue weighted by molar-refractivity contribution is 0.731. The second kappa shape index (κ2) is 4.88. The largest absolute Gasteiger partial charge is 0.324 e. The van der Waals surface area contributed by atoms with Gasteiger partial charge in [0.25, 0.3) is 0 Å². The maximum Gasteiger partial charge on any atom is 0.0705 e. The van der Waals surface area contributed by atoms with Crippen molar-refractivity contribution in [3.8, 4) is 0 Å². The Bertz CT molecular complexity index is 646. The van der Waals surface area contributed by atoms with E-state index in [1.165, 1.54) is 4.88 Å². The van der Waals surface area contributed by atoms with Crippen LogP contribution >= 0.6 is 11.3 Å². The lowest BCUT2D eigenvalue weighted by Gasteiger charge is -2.11. The van der Waals surface area contributed by atoms with Crippen LogP contribution < -0.4 is 5.73 Å². The number of hydrogen-bond donors (Lipinski definition) is 1.